The van der Waals surface area contributed by atoms with E-state index >= 15 is 0 Å². The second-order valence-electron chi connectivity index (χ2n) is 6.28. The molecule has 0 radical (unpaired) electrons. The Labute approximate surface area is 136 Å². The molecule has 1 aromatic carbocycles. The van der Waals surface area contributed by atoms with Gasteiger partial charge in [0.25, 0.3) is 5.91 Å². The van der Waals surface area contributed by atoms with Gasteiger partial charge >= 0.3 is 0 Å². The summed E-state index contributed by atoms with van der Waals surface area (Å²) in [6.07, 6.45) is -0.372. The van der Waals surface area contributed by atoms with Crippen LogP contribution in [-0.2, 0) is 11.3 Å². The highest BCUT2D eigenvalue weighted by atomic mass is 16.5. The van der Waals surface area contributed by atoms with Crippen LogP contribution in [0.3, 0.4) is 0 Å². The Balaban J connectivity index is 1.54. The molecule has 2 aliphatic heterocycles. The van der Waals surface area contributed by atoms with Crippen LogP contribution in [0.5, 0.6) is 0 Å². The standard InChI is InChI=1S/C17H25N3O3/c21-16-11-18-9-15(16)10-19-17(22)14-3-1-2-13(8-14)12-20-4-6-23-7-5-20/h1-3,8,15-16,18,21H,4-7,9-12H2,(H,19,22). The first-order valence-corrected chi connectivity index (χ1v) is 8.28. The number of β-amino-alcohol motifs (C(OH)–C–C–N with tert-alkyl or cyclic N) is 1. The van der Waals surface area contributed by atoms with E-state index in [9.17, 15) is 9.90 Å². The van der Waals surface area contributed by atoms with Crippen molar-refractivity contribution >= 4 is 5.91 Å². The van der Waals surface area contributed by atoms with Gasteiger partial charge in [-0.15, -0.1) is 0 Å². The topological polar surface area (TPSA) is 73.8 Å². The summed E-state index contributed by atoms with van der Waals surface area (Å²) in [5.74, 6) is 0.0170. The number of carbonyl (C=O) groups excluding carboxylic acids is 1. The van der Waals surface area contributed by atoms with Crippen molar-refractivity contribution in [3.8, 4) is 0 Å². The average molecular weight is 319 g/mol. The second-order valence-corrected chi connectivity index (χ2v) is 6.28. The van der Waals surface area contributed by atoms with Crippen LogP contribution in [0.15, 0.2) is 24.3 Å². The van der Waals surface area contributed by atoms with Crippen molar-refractivity contribution in [2.24, 2.45) is 5.92 Å². The zero-order valence-electron chi connectivity index (χ0n) is 13.3. The Morgan fingerprint density at radius 2 is 2.17 bits per heavy atom. The van der Waals surface area contributed by atoms with Crippen LogP contribution in [0.2, 0.25) is 0 Å². The maximum Gasteiger partial charge on any atom is 0.251 e. The number of hydrogen-bond acceptors (Lipinski definition) is 5. The number of aliphatic hydroxyl groups is 1. The molecule has 0 aliphatic carbocycles. The normalized spacial score (nSPS) is 25.4. The van der Waals surface area contributed by atoms with Crippen LogP contribution in [0.25, 0.3) is 0 Å². The maximum absolute atomic E-state index is 12.3. The molecule has 1 aromatic rings. The van der Waals surface area contributed by atoms with Gasteiger partial charge in [-0.25, -0.2) is 0 Å². The van der Waals surface area contributed by atoms with Crippen molar-refractivity contribution in [2.75, 3.05) is 45.9 Å². The molecular formula is C17H25N3O3. The summed E-state index contributed by atoms with van der Waals surface area (Å²) in [5.41, 5.74) is 1.82. The van der Waals surface area contributed by atoms with Crippen molar-refractivity contribution in [3.63, 3.8) is 0 Å². The minimum Gasteiger partial charge on any atom is -0.391 e. The van der Waals surface area contributed by atoms with Gasteiger partial charge in [0.15, 0.2) is 0 Å². The third-order valence-corrected chi connectivity index (χ3v) is 4.53. The lowest BCUT2D eigenvalue weighted by atomic mass is 10.1. The summed E-state index contributed by atoms with van der Waals surface area (Å²) < 4.78 is 5.36. The number of morpholine rings is 1. The molecule has 6 heteroatoms. The van der Waals surface area contributed by atoms with Crippen molar-refractivity contribution in [3.05, 3.63) is 35.4 Å². The van der Waals surface area contributed by atoms with Gasteiger partial charge in [-0.1, -0.05) is 12.1 Å². The highest BCUT2D eigenvalue weighted by Crippen LogP contribution is 2.11. The largest absolute Gasteiger partial charge is 0.391 e. The summed E-state index contributed by atoms with van der Waals surface area (Å²) in [4.78, 5) is 14.6. The Bertz CT molecular complexity index is 532. The first kappa shape index (κ1) is 16.4. The fourth-order valence-electron chi connectivity index (χ4n) is 3.08. The van der Waals surface area contributed by atoms with E-state index in [1.54, 1.807) is 0 Å². The molecule has 2 unspecified atom stereocenters. The van der Waals surface area contributed by atoms with Crippen molar-refractivity contribution in [2.45, 2.75) is 12.6 Å². The molecule has 2 saturated heterocycles. The van der Waals surface area contributed by atoms with Crippen LogP contribution in [-0.4, -0.2) is 68.0 Å². The van der Waals surface area contributed by atoms with Gasteiger partial charge in [0.1, 0.15) is 0 Å². The predicted molar refractivity (Wildman–Crippen MR) is 87.2 cm³/mol. The molecular weight excluding hydrogens is 294 g/mol. The highest BCUT2D eigenvalue weighted by molar-refractivity contribution is 5.94. The number of nitrogens with zero attached hydrogens (tertiary/aromatic N) is 1. The number of hydrogen-bond donors (Lipinski definition) is 3. The number of carbonyl (C=O) groups is 1. The molecule has 6 nitrogen and oxygen atoms in total. The van der Waals surface area contributed by atoms with Crippen molar-refractivity contribution in [1.82, 2.24) is 15.5 Å². The lowest BCUT2D eigenvalue weighted by Crippen LogP contribution is -2.36. The summed E-state index contributed by atoms with van der Waals surface area (Å²) in [6, 6.07) is 7.77. The van der Waals surface area contributed by atoms with E-state index in [4.69, 9.17) is 4.74 Å². The van der Waals surface area contributed by atoms with E-state index in [2.05, 4.69) is 21.6 Å². The Morgan fingerprint density at radius 1 is 1.35 bits per heavy atom. The predicted octanol–water partition coefficient (Wildman–Crippen LogP) is -0.171. The number of nitrogens with one attached hydrogen (secondary N) is 2. The zero-order chi connectivity index (χ0) is 16.1. The third-order valence-electron chi connectivity index (χ3n) is 4.53. The van der Waals surface area contributed by atoms with Gasteiger partial charge in [-0.05, 0) is 17.7 Å². The molecule has 2 heterocycles. The molecule has 3 rings (SSSR count). The fourth-order valence-corrected chi connectivity index (χ4v) is 3.08. The van der Waals surface area contributed by atoms with Crippen LogP contribution in [0.4, 0.5) is 0 Å². The molecule has 23 heavy (non-hydrogen) atoms. The maximum atomic E-state index is 12.3. The van der Waals surface area contributed by atoms with Gasteiger partial charge < -0.3 is 20.5 Å². The van der Waals surface area contributed by atoms with E-state index in [0.29, 0.717) is 18.7 Å². The van der Waals surface area contributed by atoms with Gasteiger partial charge in [0, 0.05) is 50.7 Å². The van der Waals surface area contributed by atoms with E-state index in [-0.39, 0.29) is 17.9 Å². The van der Waals surface area contributed by atoms with Gasteiger partial charge in [-0.3, -0.25) is 9.69 Å². The van der Waals surface area contributed by atoms with E-state index in [0.717, 1.165) is 45.0 Å². The monoisotopic (exact) mass is 319 g/mol. The van der Waals surface area contributed by atoms with Crippen LogP contribution < -0.4 is 10.6 Å². The lowest BCUT2D eigenvalue weighted by Gasteiger charge is -2.26. The Kier molecular flexibility index (Phi) is 5.61. The van der Waals surface area contributed by atoms with Crippen molar-refractivity contribution in [1.29, 1.82) is 0 Å². The number of rotatable bonds is 5. The summed E-state index contributed by atoms with van der Waals surface area (Å²) in [5, 5.41) is 15.8. The van der Waals surface area contributed by atoms with Gasteiger partial charge in [0.05, 0.1) is 19.3 Å². The minimum atomic E-state index is -0.372. The zero-order valence-corrected chi connectivity index (χ0v) is 13.3. The molecule has 0 aromatic heterocycles. The van der Waals surface area contributed by atoms with Crippen molar-refractivity contribution < 1.29 is 14.6 Å². The molecule has 3 N–H and O–H groups in total. The van der Waals surface area contributed by atoms with E-state index < -0.39 is 0 Å². The summed E-state index contributed by atoms with van der Waals surface area (Å²) in [7, 11) is 0. The minimum absolute atomic E-state index is 0.0760. The quantitative estimate of drug-likeness (QED) is 0.703. The summed E-state index contributed by atoms with van der Waals surface area (Å²) in [6.45, 7) is 6.12. The number of aliphatic hydroxyl groups excluding tert-OH is 1. The molecule has 1 amide bonds. The molecule has 0 bridgehead atoms. The highest BCUT2D eigenvalue weighted by Gasteiger charge is 2.25. The number of amides is 1. The molecule has 0 spiro atoms. The van der Waals surface area contributed by atoms with E-state index in [1.165, 1.54) is 0 Å². The lowest BCUT2D eigenvalue weighted by molar-refractivity contribution is 0.0342. The number of benzene rings is 1. The van der Waals surface area contributed by atoms with Gasteiger partial charge in [-0.2, -0.15) is 0 Å². The molecule has 0 saturated carbocycles. The Morgan fingerprint density at radius 3 is 2.91 bits per heavy atom. The number of ether oxygens (including phenoxy) is 1. The first-order valence-electron chi connectivity index (χ1n) is 8.28. The Hall–Kier alpha value is -1.47. The molecule has 2 atom stereocenters. The van der Waals surface area contributed by atoms with Crippen LogP contribution in [0, 0.1) is 5.92 Å². The molecule has 2 aliphatic rings. The third kappa shape index (κ3) is 4.51. The van der Waals surface area contributed by atoms with Gasteiger partial charge in [0.2, 0.25) is 0 Å². The molecule has 2 fully saturated rings. The van der Waals surface area contributed by atoms with Crippen LogP contribution >= 0.6 is 0 Å². The smallest absolute Gasteiger partial charge is 0.251 e. The first-order chi connectivity index (χ1) is 11.2. The SMILES string of the molecule is O=C(NCC1CNCC1O)c1cccc(CN2CCOCC2)c1. The second kappa shape index (κ2) is 7.88. The van der Waals surface area contributed by atoms with Crippen LogP contribution in [0.1, 0.15) is 15.9 Å². The van der Waals surface area contributed by atoms with E-state index in [1.807, 2.05) is 18.2 Å². The molecule has 126 valence electrons. The fraction of sp³-hybridized carbons (Fsp3) is 0.588. The summed E-state index contributed by atoms with van der Waals surface area (Å²) >= 11 is 0. The average Bonchev–Trinajstić information content (AvgIpc) is 2.99.